The lowest BCUT2D eigenvalue weighted by atomic mass is 10.1. The average molecular weight is 362 g/mol. The van der Waals surface area contributed by atoms with Gasteiger partial charge >= 0.3 is 5.97 Å². The van der Waals surface area contributed by atoms with Gasteiger partial charge in [-0.3, -0.25) is 0 Å². The second-order valence-electron chi connectivity index (χ2n) is 5.70. The largest absolute Gasteiger partial charge is 0.476 e. The number of hydrogen-bond acceptors (Lipinski definition) is 4. The smallest absolute Gasteiger partial charge is 0.330 e. The fraction of sp³-hybridized carbons (Fsp3) is 0.174. The van der Waals surface area contributed by atoms with Crippen molar-refractivity contribution in [3.05, 3.63) is 95.8 Å². The first-order valence-electron chi connectivity index (χ1n) is 8.42. The molecule has 0 fully saturated rings. The Bertz CT molecular complexity index is 854. The molecule has 0 spiro atoms. The fourth-order valence-corrected chi connectivity index (χ4v) is 2.23. The van der Waals surface area contributed by atoms with Crippen LogP contribution in [-0.2, 0) is 32.2 Å². The van der Waals surface area contributed by atoms with Crippen LogP contribution in [0.5, 0.6) is 0 Å². The lowest BCUT2D eigenvalue weighted by molar-refractivity contribution is -0.138. The molecule has 0 atom stereocenters. The highest BCUT2D eigenvalue weighted by Crippen LogP contribution is 2.12. The fourth-order valence-electron chi connectivity index (χ4n) is 2.23. The Morgan fingerprint density at radius 3 is 2.41 bits per heavy atom. The van der Waals surface area contributed by atoms with Crippen molar-refractivity contribution in [2.75, 3.05) is 6.79 Å². The molecule has 0 amide bonds. The van der Waals surface area contributed by atoms with Gasteiger partial charge in [-0.15, -0.1) is 0 Å². The molecule has 0 heterocycles. The predicted molar refractivity (Wildman–Crippen MR) is 105 cm³/mol. The number of rotatable bonds is 8. The van der Waals surface area contributed by atoms with Gasteiger partial charge in [-0.1, -0.05) is 43.2 Å². The number of esters is 1. The highest BCUT2D eigenvalue weighted by atomic mass is 16.7. The molecule has 0 N–H and O–H groups in total. The Morgan fingerprint density at radius 2 is 1.74 bits per heavy atom. The highest BCUT2D eigenvalue weighted by molar-refractivity contribution is 5.81. The molecule has 0 bridgehead atoms. The van der Waals surface area contributed by atoms with Crippen molar-refractivity contribution in [1.29, 1.82) is 0 Å². The van der Waals surface area contributed by atoms with Crippen molar-refractivity contribution < 1.29 is 19.0 Å². The Labute approximate surface area is 160 Å². The van der Waals surface area contributed by atoms with Crippen molar-refractivity contribution >= 4 is 5.97 Å². The summed E-state index contributed by atoms with van der Waals surface area (Å²) in [7, 11) is 0. The maximum absolute atomic E-state index is 11.1. The van der Waals surface area contributed by atoms with E-state index in [2.05, 4.69) is 25.0 Å². The van der Waals surface area contributed by atoms with Gasteiger partial charge < -0.3 is 14.2 Å². The molecular weight excluding hydrogens is 340 g/mol. The van der Waals surface area contributed by atoms with Crippen LogP contribution in [0.4, 0.5) is 0 Å². The molecule has 2 rings (SSSR count). The number of carbonyl (C=O) groups excluding carboxylic acids is 1. The van der Waals surface area contributed by atoms with Gasteiger partial charge in [0.2, 0.25) is 0 Å². The molecule has 2 aromatic rings. The number of aryl methyl sites for hydroxylation is 1. The van der Waals surface area contributed by atoms with Gasteiger partial charge in [0.15, 0.2) is 6.79 Å². The standard InChI is InChI=1S/C23H22O4/c1-4-23(24)27-15-21-10-7-19(8-11-21)6-9-20-12-13-22(18(3)14-20)16-26-17-25-5-2/h4-5,7-8,10-14H,1-2,15-17H2,3H3. The minimum absolute atomic E-state index is 0.188. The molecule has 2 aromatic carbocycles. The summed E-state index contributed by atoms with van der Waals surface area (Å²) in [6.07, 6.45) is 2.50. The van der Waals surface area contributed by atoms with Gasteiger partial charge in [0.05, 0.1) is 12.9 Å². The van der Waals surface area contributed by atoms with Gasteiger partial charge in [-0.25, -0.2) is 4.79 Å². The molecule has 0 aromatic heterocycles. The van der Waals surface area contributed by atoms with Crippen LogP contribution in [0.15, 0.2) is 68.0 Å². The molecule has 0 aliphatic rings. The molecule has 138 valence electrons. The van der Waals surface area contributed by atoms with Gasteiger partial charge in [0.1, 0.15) is 6.61 Å². The topological polar surface area (TPSA) is 44.8 Å². The molecule has 4 nitrogen and oxygen atoms in total. The maximum Gasteiger partial charge on any atom is 0.330 e. The van der Waals surface area contributed by atoms with Crippen molar-refractivity contribution in [3.63, 3.8) is 0 Å². The molecule has 0 radical (unpaired) electrons. The normalized spacial score (nSPS) is 9.67. The maximum atomic E-state index is 11.1. The highest BCUT2D eigenvalue weighted by Gasteiger charge is 2.00. The van der Waals surface area contributed by atoms with Crippen molar-refractivity contribution in [1.82, 2.24) is 0 Å². The average Bonchev–Trinajstić information content (AvgIpc) is 2.69. The van der Waals surface area contributed by atoms with Crippen LogP contribution in [0, 0.1) is 18.8 Å². The summed E-state index contributed by atoms with van der Waals surface area (Å²) in [6.45, 7) is 9.74. The number of ether oxygens (including phenoxy) is 3. The quantitative estimate of drug-likeness (QED) is 0.176. The van der Waals surface area contributed by atoms with E-state index in [1.807, 2.05) is 49.4 Å². The van der Waals surface area contributed by atoms with Crippen LogP contribution in [0.1, 0.15) is 27.8 Å². The second-order valence-corrected chi connectivity index (χ2v) is 5.70. The third kappa shape index (κ3) is 6.85. The minimum atomic E-state index is -0.434. The molecule has 0 saturated carbocycles. The van der Waals surface area contributed by atoms with Crippen LogP contribution >= 0.6 is 0 Å². The summed E-state index contributed by atoms with van der Waals surface area (Å²) in [5.41, 5.74) is 4.92. The zero-order valence-electron chi connectivity index (χ0n) is 15.4. The second kappa shape index (κ2) is 10.6. The van der Waals surface area contributed by atoms with Crippen LogP contribution in [0.2, 0.25) is 0 Å². The summed E-state index contributed by atoms with van der Waals surface area (Å²) in [4.78, 5) is 11.1. The lowest BCUT2D eigenvalue weighted by Crippen LogP contribution is -1.99. The molecule has 0 aliphatic heterocycles. The lowest BCUT2D eigenvalue weighted by Gasteiger charge is -2.07. The summed E-state index contributed by atoms with van der Waals surface area (Å²) >= 11 is 0. The predicted octanol–water partition coefficient (Wildman–Crippen LogP) is 4.26. The Balaban J connectivity index is 1.96. The summed E-state index contributed by atoms with van der Waals surface area (Å²) in [5.74, 6) is 5.86. The Hall–Kier alpha value is -3.29. The van der Waals surface area contributed by atoms with Gasteiger partial charge in [0, 0.05) is 17.2 Å². The van der Waals surface area contributed by atoms with Gasteiger partial charge in [-0.05, 0) is 47.9 Å². The van der Waals surface area contributed by atoms with Crippen LogP contribution in [0.25, 0.3) is 0 Å². The first-order chi connectivity index (χ1) is 13.1. The van der Waals surface area contributed by atoms with Crippen LogP contribution in [0.3, 0.4) is 0 Å². The third-order valence-electron chi connectivity index (χ3n) is 3.72. The SMILES string of the molecule is C=COCOCc1ccc(C#Cc2ccc(COC(=O)C=C)cc2)cc1C. The molecule has 0 saturated heterocycles. The number of hydrogen-bond donors (Lipinski definition) is 0. The number of benzene rings is 2. The third-order valence-corrected chi connectivity index (χ3v) is 3.72. The van der Waals surface area contributed by atoms with Crippen molar-refractivity contribution in [2.45, 2.75) is 20.1 Å². The van der Waals surface area contributed by atoms with Gasteiger partial charge in [0.25, 0.3) is 0 Å². The molecule has 27 heavy (non-hydrogen) atoms. The zero-order valence-corrected chi connectivity index (χ0v) is 15.4. The van der Waals surface area contributed by atoms with E-state index >= 15 is 0 Å². The monoisotopic (exact) mass is 362 g/mol. The van der Waals surface area contributed by atoms with E-state index in [9.17, 15) is 4.79 Å². The van der Waals surface area contributed by atoms with E-state index in [1.54, 1.807) is 0 Å². The minimum Gasteiger partial charge on any atom is -0.476 e. The Kier molecular flexibility index (Phi) is 7.90. The molecule has 0 unspecified atom stereocenters. The van der Waals surface area contributed by atoms with Crippen molar-refractivity contribution in [2.24, 2.45) is 0 Å². The van der Waals surface area contributed by atoms with E-state index in [1.165, 1.54) is 6.26 Å². The summed E-state index contributed by atoms with van der Waals surface area (Å²) < 4.78 is 15.3. The first-order valence-corrected chi connectivity index (χ1v) is 8.42. The number of carbonyl (C=O) groups is 1. The van der Waals surface area contributed by atoms with Gasteiger partial charge in [-0.2, -0.15) is 0 Å². The Morgan fingerprint density at radius 1 is 1.04 bits per heavy atom. The van der Waals surface area contributed by atoms with Crippen molar-refractivity contribution in [3.8, 4) is 11.8 Å². The first kappa shape index (κ1) is 20.0. The van der Waals surface area contributed by atoms with Crippen LogP contribution < -0.4 is 0 Å². The van der Waals surface area contributed by atoms with E-state index in [0.29, 0.717) is 6.61 Å². The molecule has 4 heteroatoms. The van der Waals surface area contributed by atoms with E-state index in [0.717, 1.165) is 33.9 Å². The van der Waals surface area contributed by atoms with E-state index in [-0.39, 0.29) is 13.4 Å². The summed E-state index contributed by atoms with van der Waals surface area (Å²) in [5, 5.41) is 0. The molecular formula is C23H22O4. The summed E-state index contributed by atoms with van der Waals surface area (Å²) in [6, 6.07) is 13.6. The van der Waals surface area contributed by atoms with E-state index < -0.39 is 5.97 Å². The molecule has 0 aliphatic carbocycles. The van der Waals surface area contributed by atoms with E-state index in [4.69, 9.17) is 14.2 Å². The zero-order chi connectivity index (χ0) is 19.5. The van der Waals surface area contributed by atoms with Crippen LogP contribution in [-0.4, -0.2) is 12.8 Å².